The lowest BCUT2D eigenvalue weighted by atomic mass is 9.95. The molecule has 1 N–H and O–H groups in total. The van der Waals surface area contributed by atoms with Crippen molar-refractivity contribution in [1.82, 2.24) is 4.31 Å². The topological polar surface area (TPSA) is 70.4 Å². The lowest BCUT2D eigenvalue weighted by Gasteiger charge is -2.18. The second-order valence-corrected chi connectivity index (χ2v) is 8.92. The number of rotatable bonds is 10. The Morgan fingerprint density at radius 1 is 1.03 bits per heavy atom. The Balaban J connectivity index is 2.08. The van der Waals surface area contributed by atoms with E-state index in [9.17, 15) is 13.2 Å². The fourth-order valence-corrected chi connectivity index (χ4v) is 4.92. The molecule has 0 spiro atoms. The minimum Gasteiger partial charge on any atom is -0.321 e. The Labute approximate surface area is 174 Å². The Bertz CT molecular complexity index is 903. The van der Waals surface area contributed by atoms with Crippen molar-refractivity contribution in [2.75, 3.05) is 18.4 Å². The fraction of sp³-hybridized carbons (Fsp3) is 0.455. The van der Waals surface area contributed by atoms with Crippen molar-refractivity contribution in [3.63, 3.8) is 0 Å². The second kappa shape index (κ2) is 10.5. The van der Waals surface area contributed by atoms with E-state index >= 15 is 0 Å². The number of amides is 1. The maximum absolute atomic E-state index is 12.7. The molecule has 0 aliphatic carbocycles. The number of hydrogen-bond acceptors (Lipinski definition) is 3. The van der Waals surface area contributed by atoms with Gasteiger partial charge in [-0.15, -0.1) is 0 Å². The summed E-state index contributed by atoms with van der Waals surface area (Å²) >= 11 is 0. The average Bonchev–Trinajstić information content (AvgIpc) is 2.71. The molecule has 0 saturated heterocycles. The molecule has 6 nitrogen and oxygen atoms in total. The van der Waals surface area contributed by atoms with Gasteiger partial charge in [0.25, 0.3) is 5.91 Å². The van der Waals surface area contributed by atoms with Gasteiger partial charge in [0.15, 0.2) is 12.4 Å². The largest absolute Gasteiger partial charge is 0.321 e. The van der Waals surface area contributed by atoms with Crippen LogP contribution in [-0.4, -0.2) is 31.7 Å². The molecule has 7 heteroatoms. The van der Waals surface area contributed by atoms with Gasteiger partial charge in [0.1, 0.15) is 0 Å². The molecule has 158 valence electrons. The molecular weight excluding hydrogens is 386 g/mol. The maximum Gasteiger partial charge on any atom is 0.290 e. The predicted molar refractivity (Wildman–Crippen MR) is 115 cm³/mol. The molecule has 0 aliphatic heterocycles. The third-order valence-corrected chi connectivity index (χ3v) is 7.21. The van der Waals surface area contributed by atoms with Gasteiger partial charge >= 0.3 is 0 Å². The summed E-state index contributed by atoms with van der Waals surface area (Å²) in [6.45, 7) is 8.93. The minimum absolute atomic E-state index is 0.163. The first-order valence-corrected chi connectivity index (χ1v) is 11.7. The number of carbonyl (C=O) groups is 1. The average molecular weight is 419 g/mol. The molecule has 0 atom stereocenters. The van der Waals surface area contributed by atoms with Crippen molar-refractivity contribution in [1.29, 1.82) is 0 Å². The molecule has 0 aliphatic rings. The van der Waals surface area contributed by atoms with Crippen LogP contribution in [-0.2, 0) is 21.4 Å². The van der Waals surface area contributed by atoms with Crippen molar-refractivity contribution in [3.05, 3.63) is 54.4 Å². The predicted octanol–water partition coefficient (Wildman–Crippen LogP) is 3.55. The van der Waals surface area contributed by atoms with Crippen LogP contribution >= 0.6 is 0 Å². The SMILES string of the molecule is CCC(CC)c1cc[n+](CC(=O)Nc2cccc(S(=O)(=O)N(CC)CC)c2)cc1. The van der Waals surface area contributed by atoms with E-state index in [2.05, 4.69) is 31.3 Å². The van der Waals surface area contributed by atoms with Crippen LogP contribution in [0.25, 0.3) is 0 Å². The second-order valence-electron chi connectivity index (χ2n) is 6.98. The zero-order valence-corrected chi connectivity index (χ0v) is 18.6. The molecule has 1 aromatic carbocycles. The van der Waals surface area contributed by atoms with Crippen LogP contribution in [0.4, 0.5) is 5.69 Å². The number of nitrogens with one attached hydrogen (secondary N) is 1. The van der Waals surface area contributed by atoms with E-state index in [1.807, 2.05) is 17.0 Å². The number of nitrogens with zero attached hydrogens (tertiary/aromatic N) is 2. The Morgan fingerprint density at radius 2 is 1.66 bits per heavy atom. The number of benzene rings is 1. The van der Waals surface area contributed by atoms with Crippen molar-refractivity contribution in [3.8, 4) is 0 Å². The Morgan fingerprint density at radius 3 is 2.21 bits per heavy atom. The molecule has 0 radical (unpaired) electrons. The highest BCUT2D eigenvalue weighted by molar-refractivity contribution is 7.89. The molecule has 1 aromatic heterocycles. The van der Waals surface area contributed by atoms with E-state index in [0.29, 0.717) is 24.7 Å². The molecule has 29 heavy (non-hydrogen) atoms. The zero-order valence-electron chi connectivity index (χ0n) is 17.8. The summed E-state index contributed by atoms with van der Waals surface area (Å²) in [5.41, 5.74) is 1.75. The Hall–Kier alpha value is -2.25. The molecule has 2 aromatic rings. The van der Waals surface area contributed by atoms with Gasteiger partial charge in [0.05, 0.1) is 4.90 Å². The van der Waals surface area contributed by atoms with Gasteiger partial charge in [0.2, 0.25) is 16.6 Å². The number of anilines is 1. The zero-order chi connectivity index (χ0) is 21.4. The highest BCUT2D eigenvalue weighted by Crippen LogP contribution is 2.21. The van der Waals surface area contributed by atoms with Crippen LogP contribution in [0.15, 0.2) is 53.7 Å². The highest BCUT2D eigenvalue weighted by Gasteiger charge is 2.22. The van der Waals surface area contributed by atoms with Crippen LogP contribution in [0.1, 0.15) is 52.0 Å². The monoisotopic (exact) mass is 418 g/mol. The van der Waals surface area contributed by atoms with Gasteiger partial charge in [-0.3, -0.25) is 4.79 Å². The standard InChI is InChI=1S/C22H31N3O3S/c1-5-18(6-2)19-12-14-24(15-13-19)17-22(26)23-20-10-9-11-21(16-20)29(27,28)25(7-3)8-4/h9-16,18H,5-8,17H2,1-4H3/p+1. The van der Waals surface area contributed by atoms with Gasteiger partial charge in [-0.2, -0.15) is 8.87 Å². The van der Waals surface area contributed by atoms with Crippen LogP contribution < -0.4 is 9.88 Å². The third-order valence-electron chi connectivity index (χ3n) is 5.16. The number of carbonyl (C=O) groups excluding carboxylic acids is 1. The molecule has 1 amide bonds. The number of aromatic nitrogens is 1. The van der Waals surface area contributed by atoms with Crippen molar-refractivity contribution in [2.45, 2.75) is 57.9 Å². The van der Waals surface area contributed by atoms with Gasteiger partial charge < -0.3 is 5.32 Å². The van der Waals surface area contributed by atoms with Gasteiger partial charge in [-0.05, 0) is 42.5 Å². The van der Waals surface area contributed by atoms with E-state index in [4.69, 9.17) is 0 Å². The highest BCUT2D eigenvalue weighted by atomic mass is 32.2. The van der Waals surface area contributed by atoms with E-state index in [0.717, 1.165) is 12.8 Å². The van der Waals surface area contributed by atoms with E-state index in [-0.39, 0.29) is 17.3 Å². The summed E-state index contributed by atoms with van der Waals surface area (Å²) in [5.74, 6) is 0.330. The van der Waals surface area contributed by atoms with Crippen LogP contribution in [0.2, 0.25) is 0 Å². The smallest absolute Gasteiger partial charge is 0.290 e. The van der Waals surface area contributed by atoms with E-state index in [1.165, 1.54) is 15.9 Å². The number of sulfonamides is 1. The summed E-state index contributed by atoms with van der Waals surface area (Å²) in [6.07, 6.45) is 6.00. The number of hydrogen-bond donors (Lipinski definition) is 1. The molecule has 0 unspecified atom stereocenters. The van der Waals surface area contributed by atoms with Crippen LogP contribution in [0.5, 0.6) is 0 Å². The molecule has 0 fully saturated rings. The van der Waals surface area contributed by atoms with Gasteiger partial charge in [0, 0.05) is 30.9 Å². The van der Waals surface area contributed by atoms with Crippen LogP contribution in [0, 0.1) is 0 Å². The van der Waals surface area contributed by atoms with Gasteiger partial charge in [-0.1, -0.05) is 33.8 Å². The van der Waals surface area contributed by atoms with Crippen molar-refractivity contribution < 1.29 is 17.8 Å². The first kappa shape index (κ1) is 23.0. The normalized spacial score (nSPS) is 11.8. The number of pyridine rings is 1. The minimum atomic E-state index is -3.56. The summed E-state index contributed by atoms with van der Waals surface area (Å²) in [6, 6.07) is 10.5. The molecule has 2 rings (SSSR count). The lowest BCUT2D eigenvalue weighted by Crippen LogP contribution is -2.39. The summed E-state index contributed by atoms with van der Waals surface area (Å²) in [7, 11) is -3.56. The van der Waals surface area contributed by atoms with Crippen molar-refractivity contribution >= 4 is 21.6 Å². The first-order chi connectivity index (χ1) is 13.8. The van der Waals surface area contributed by atoms with E-state index < -0.39 is 10.0 Å². The summed E-state index contributed by atoms with van der Waals surface area (Å²) in [4.78, 5) is 12.6. The van der Waals surface area contributed by atoms with Crippen molar-refractivity contribution in [2.24, 2.45) is 0 Å². The summed E-state index contributed by atoms with van der Waals surface area (Å²) in [5, 5.41) is 2.79. The fourth-order valence-electron chi connectivity index (χ4n) is 3.42. The molecular formula is C22H32N3O3S+. The quantitative estimate of drug-likeness (QED) is 0.600. The molecule has 1 heterocycles. The maximum atomic E-state index is 12.7. The molecule has 0 saturated carbocycles. The third kappa shape index (κ3) is 5.87. The lowest BCUT2D eigenvalue weighted by molar-refractivity contribution is -0.684. The molecule has 0 bridgehead atoms. The van der Waals surface area contributed by atoms with Gasteiger partial charge in [-0.25, -0.2) is 8.42 Å². The Kier molecular flexibility index (Phi) is 8.34. The summed E-state index contributed by atoms with van der Waals surface area (Å²) < 4.78 is 28.5. The van der Waals surface area contributed by atoms with E-state index in [1.54, 1.807) is 32.0 Å². The first-order valence-electron chi connectivity index (χ1n) is 10.2. The van der Waals surface area contributed by atoms with Crippen LogP contribution in [0.3, 0.4) is 0 Å².